The fraction of sp³-hybridized carbons (Fsp3) is 0.286. The van der Waals surface area contributed by atoms with E-state index in [2.05, 4.69) is 29.1 Å². The van der Waals surface area contributed by atoms with Crippen molar-refractivity contribution in [3.8, 4) is 0 Å². The number of aromatic nitrogens is 2. The summed E-state index contributed by atoms with van der Waals surface area (Å²) in [7, 11) is 0. The molecule has 0 amide bonds. The van der Waals surface area contributed by atoms with E-state index in [0.29, 0.717) is 5.92 Å². The van der Waals surface area contributed by atoms with E-state index in [1.807, 2.05) is 37.3 Å². The second-order valence-corrected chi connectivity index (χ2v) is 4.66. The molecule has 4 nitrogen and oxygen atoms in total. The van der Waals surface area contributed by atoms with Crippen LogP contribution < -0.4 is 11.1 Å². The molecule has 94 valence electrons. The Morgan fingerprint density at radius 3 is 2.61 bits per heavy atom. The fourth-order valence-corrected chi connectivity index (χ4v) is 1.68. The molecule has 0 atom stereocenters. The van der Waals surface area contributed by atoms with Gasteiger partial charge in [0.1, 0.15) is 11.6 Å². The van der Waals surface area contributed by atoms with Crippen LogP contribution >= 0.6 is 0 Å². The van der Waals surface area contributed by atoms with Gasteiger partial charge in [0.15, 0.2) is 0 Å². The maximum atomic E-state index is 5.75. The van der Waals surface area contributed by atoms with Crippen LogP contribution in [0.3, 0.4) is 0 Å². The van der Waals surface area contributed by atoms with Crippen LogP contribution in [-0.2, 0) is 0 Å². The lowest BCUT2D eigenvalue weighted by Gasteiger charge is -2.10. The van der Waals surface area contributed by atoms with Crippen molar-refractivity contribution in [1.82, 2.24) is 9.97 Å². The van der Waals surface area contributed by atoms with E-state index in [1.165, 1.54) is 0 Å². The molecule has 1 heterocycles. The second-order valence-electron chi connectivity index (χ2n) is 4.66. The highest BCUT2D eigenvalue weighted by Gasteiger charge is 2.06. The summed E-state index contributed by atoms with van der Waals surface area (Å²) in [4.78, 5) is 8.91. The second kappa shape index (κ2) is 5.04. The van der Waals surface area contributed by atoms with E-state index in [1.54, 1.807) is 0 Å². The maximum absolute atomic E-state index is 5.75. The van der Waals surface area contributed by atoms with Crippen molar-refractivity contribution < 1.29 is 0 Å². The van der Waals surface area contributed by atoms with Crippen molar-refractivity contribution in [1.29, 1.82) is 0 Å². The first kappa shape index (κ1) is 12.4. The molecule has 0 bridgehead atoms. The summed E-state index contributed by atoms with van der Waals surface area (Å²) in [6.45, 7) is 6.14. The third-order valence-electron chi connectivity index (χ3n) is 2.55. The summed E-state index contributed by atoms with van der Waals surface area (Å²) in [5.74, 6) is 1.96. The summed E-state index contributed by atoms with van der Waals surface area (Å²) >= 11 is 0. The molecule has 2 aromatic rings. The fourth-order valence-electron chi connectivity index (χ4n) is 1.68. The molecule has 0 spiro atoms. The van der Waals surface area contributed by atoms with Gasteiger partial charge < -0.3 is 11.1 Å². The zero-order valence-corrected chi connectivity index (χ0v) is 10.9. The first-order chi connectivity index (χ1) is 8.54. The van der Waals surface area contributed by atoms with Crippen LogP contribution in [0.2, 0.25) is 0 Å². The number of anilines is 3. The van der Waals surface area contributed by atoms with Crippen LogP contribution in [0.4, 0.5) is 17.2 Å². The lowest BCUT2D eigenvalue weighted by molar-refractivity contribution is 0.768. The van der Waals surface area contributed by atoms with Crippen molar-refractivity contribution in [3.63, 3.8) is 0 Å². The van der Waals surface area contributed by atoms with Gasteiger partial charge in [-0.25, -0.2) is 9.97 Å². The van der Waals surface area contributed by atoms with Crippen LogP contribution in [0.1, 0.15) is 31.3 Å². The molecule has 0 aliphatic carbocycles. The highest BCUT2D eigenvalue weighted by atomic mass is 15.0. The van der Waals surface area contributed by atoms with Crippen molar-refractivity contribution in [2.24, 2.45) is 0 Å². The summed E-state index contributed by atoms with van der Waals surface area (Å²) in [5.41, 5.74) is 8.37. The molecule has 4 heteroatoms. The van der Waals surface area contributed by atoms with Crippen LogP contribution in [0.25, 0.3) is 0 Å². The molecular weight excluding hydrogens is 224 g/mol. The van der Waals surface area contributed by atoms with Crippen molar-refractivity contribution in [2.45, 2.75) is 26.7 Å². The summed E-state index contributed by atoms with van der Waals surface area (Å²) in [6.07, 6.45) is 0. The smallest absolute Gasteiger partial charge is 0.134 e. The van der Waals surface area contributed by atoms with Gasteiger partial charge >= 0.3 is 0 Å². The van der Waals surface area contributed by atoms with Gasteiger partial charge in [-0.3, -0.25) is 0 Å². The quantitative estimate of drug-likeness (QED) is 0.811. The SMILES string of the molecule is Cc1cc(Nc2cccc(N)c2)nc(C(C)C)n1. The first-order valence-corrected chi connectivity index (χ1v) is 6.03. The molecular formula is C14H18N4. The van der Waals surface area contributed by atoms with Gasteiger partial charge in [0.05, 0.1) is 0 Å². The van der Waals surface area contributed by atoms with Crippen molar-refractivity contribution >= 4 is 17.2 Å². The Labute approximate surface area is 107 Å². The average Bonchev–Trinajstić information content (AvgIpc) is 2.28. The number of rotatable bonds is 3. The van der Waals surface area contributed by atoms with Gasteiger partial charge in [0.25, 0.3) is 0 Å². The topological polar surface area (TPSA) is 63.8 Å². The predicted octanol–water partition coefficient (Wildman–Crippen LogP) is 3.23. The van der Waals surface area contributed by atoms with Crippen LogP contribution in [0, 0.1) is 6.92 Å². The highest BCUT2D eigenvalue weighted by Crippen LogP contribution is 2.19. The van der Waals surface area contributed by atoms with Crippen molar-refractivity contribution in [2.75, 3.05) is 11.1 Å². The van der Waals surface area contributed by atoms with Crippen LogP contribution in [-0.4, -0.2) is 9.97 Å². The number of aryl methyl sites for hydroxylation is 1. The summed E-state index contributed by atoms with van der Waals surface area (Å²) in [5, 5.41) is 3.25. The molecule has 0 saturated carbocycles. The number of hydrogen-bond donors (Lipinski definition) is 2. The molecule has 0 fully saturated rings. The predicted molar refractivity (Wildman–Crippen MR) is 75.0 cm³/mol. The Kier molecular flexibility index (Phi) is 3.46. The number of nitrogens with zero attached hydrogens (tertiary/aromatic N) is 2. The van der Waals surface area contributed by atoms with E-state index < -0.39 is 0 Å². The largest absolute Gasteiger partial charge is 0.399 e. The molecule has 1 aromatic carbocycles. The highest BCUT2D eigenvalue weighted by molar-refractivity contribution is 5.61. The summed E-state index contributed by atoms with van der Waals surface area (Å²) < 4.78 is 0. The van der Waals surface area contributed by atoms with Gasteiger partial charge in [0.2, 0.25) is 0 Å². The number of nitrogen functional groups attached to an aromatic ring is 1. The Morgan fingerprint density at radius 1 is 1.17 bits per heavy atom. The third kappa shape index (κ3) is 2.97. The molecule has 0 radical (unpaired) electrons. The Hall–Kier alpha value is -2.10. The number of nitrogens with two attached hydrogens (primary N) is 1. The monoisotopic (exact) mass is 242 g/mol. The van der Waals surface area contributed by atoms with E-state index in [4.69, 9.17) is 5.73 Å². The zero-order valence-electron chi connectivity index (χ0n) is 10.9. The molecule has 0 unspecified atom stereocenters. The number of hydrogen-bond acceptors (Lipinski definition) is 4. The first-order valence-electron chi connectivity index (χ1n) is 6.03. The minimum atomic E-state index is 0.311. The number of nitrogens with one attached hydrogen (secondary N) is 1. The molecule has 18 heavy (non-hydrogen) atoms. The Balaban J connectivity index is 2.29. The number of benzene rings is 1. The van der Waals surface area contributed by atoms with Gasteiger partial charge in [-0.1, -0.05) is 19.9 Å². The van der Waals surface area contributed by atoms with E-state index in [-0.39, 0.29) is 0 Å². The van der Waals surface area contributed by atoms with Gasteiger partial charge in [-0.05, 0) is 25.1 Å². The Bertz CT molecular complexity index is 549. The van der Waals surface area contributed by atoms with Crippen LogP contribution in [0.5, 0.6) is 0 Å². The third-order valence-corrected chi connectivity index (χ3v) is 2.55. The lowest BCUT2D eigenvalue weighted by Crippen LogP contribution is -2.03. The molecule has 0 saturated heterocycles. The molecule has 1 aromatic heterocycles. The molecule has 3 N–H and O–H groups in total. The van der Waals surface area contributed by atoms with E-state index in [0.717, 1.165) is 28.7 Å². The van der Waals surface area contributed by atoms with Gasteiger partial charge in [-0.2, -0.15) is 0 Å². The van der Waals surface area contributed by atoms with Crippen molar-refractivity contribution in [3.05, 3.63) is 41.9 Å². The van der Waals surface area contributed by atoms with E-state index >= 15 is 0 Å². The van der Waals surface area contributed by atoms with Gasteiger partial charge in [-0.15, -0.1) is 0 Å². The Morgan fingerprint density at radius 2 is 1.94 bits per heavy atom. The molecule has 0 aliphatic rings. The minimum absolute atomic E-state index is 0.311. The van der Waals surface area contributed by atoms with Gasteiger partial charge in [0, 0.05) is 29.1 Å². The van der Waals surface area contributed by atoms with Crippen LogP contribution in [0.15, 0.2) is 30.3 Å². The lowest BCUT2D eigenvalue weighted by atomic mass is 10.2. The van der Waals surface area contributed by atoms with E-state index in [9.17, 15) is 0 Å². The molecule has 0 aliphatic heterocycles. The average molecular weight is 242 g/mol. The summed E-state index contributed by atoms with van der Waals surface area (Å²) in [6, 6.07) is 9.54. The minimum Gasteiger partial charge on any atom is -0.399 e. The zero-order chi connectivity index (χ0) is 13.1. The maximum Gasteiger partial charge on any atom is 0.134 e. The normalized spacial score (nSPS) is 10.7. The standard InChI is InChI=1S/C14H18N4/c1-9(2)14-16-10(3)7-13(18-14)17-12-6-4-5-11(15)8-12/h4-9H,15H2,1-3H3,(H,16,17,18). The molecule has 2 rings (SSSR count).